The maximum absolute atomic E-state index is 14.5. The molecule has 5 heteroatoms. The van der Waals surface area contributed by atoms with E-state index < -0.39 is 16.2 Å². The lowest BCUT2D eigenvalue weighted by Gasteiger charge is -2.69. The summed E-state index contributed by atoms with van der Waals surface area (Å²) < 4.78 is 0. The number of hydrogen-bond acceptors (Lipinski definition) is 4. The van der Waals surface area contributed by atoms with Crippen molar-refractivity contribution in [1.29, 1.82) is 5.26 Å². The van der Waals surface area contributed by atoms with E-state index in [0.29, 0.717) is 6.54 Å². The maximum atomic E-state index is 14.5. The largest absolute Gasteiger partial charge is 0.356 e. The van der Waals surface area contributed by atoms with Gasteiger partial charge < -0.3 is 5.32 Å². The Morgan fingerprint density at radius 3 is 2.32 bits per heavy atom. The van der Waals surface area contributed by atoms with Crippen LogP contribution >= 0.6 is 0 Å². The number of nitriles is 1. The second-order valence-electron chi connectivity index (χ2n) is 15.3. The lowest BCUT2D eigenvalue weighted by molar-refractivity contribution is -0.178. The third-order valence-corrected chi connectivity index (χ3v) is 12.6. The summed E-state index contributed by atoms with van der Waals surface area (Å²) in [6, 6.07) is 2.18. The molecule has 5 nitrogen and oxygen atoms in total. The molecule has 206 valence electrons. The topological polar surface area (TPSA) is 87.0 Å². The number of nitrogens with one attached hydrogen (secondary N) is 1. The van der Waals surface area contributed by atoms with E-state index in [2.05, 4.69) is 46.0 Å². The van der Waals surface area contributed by atoms with Crippen molar-refractivity contribution >= 4 is 17.5 Å². The van der Waals surface area contributed by atoms with E-state index in [1.54, 1.807) is 0 Å². The van der Waals surface area contributed by atoms with Gasteiger partial charge in [-0.15, -0.1) is 0 Å². The van der Waals surface area contributed by atoms with Crippen LogP contribution in [-0.2, 0) is 14.4 Å². The minimum absolute atomic E-state index is 0.0128. The number of nitrogens with zero attached hydrogens (tertiary/aromatic N) is 1. The molecule has 1 amide bonds. The number of fused-ring (bicyclic) bond motifs is 7. The quantitative estimate of drug-likeness (QED) is 0.462. The average molecular weight is 519 g/mol. The van der Waals surface area contributed by atoms with Gasteiger partial charge >= 0.3 is 0 Å². The Hall–Kier alpha value is -2.22. The molecule has 7 atom stereocenters. The molecule has 1 unspecified atom stereocenters. The molecule has 0 aromatic carbocycles. The van der Waals surface area contributed by atoms with E-state index in [4.69, 9.17) is 0 Å². The van der Waals surface area contributed by atoms with E-state index in [0.717, 1.165) is 50.5 Å². The second kappa shape index (κ2) is 8.15. The first kappa shape index (κ1) is 27.4. The zero-order chi connectivity index (χ0) is 28.1. The number of hydrogen-bond donors (Lipinski definition) is 1. The number of carbonyl (C=O) groups is 3. The minimum atomic E-state index is -0.662. The molecule has 5 aliphatic rings. The van der Waals surface area contributed by atoms with Gasteiger partial charge in [-0.25, -0.2) is 0 Å². The molecule has 0 radical (unpaired) electrons. The lowest BCUT2D eigenvalue weighted by atomic mass is 9.34. The smallest absolute Gasteiger partial charge is 0.226 e. The normalized spacial score (nSPS) is 44.8. The highest BCUT2D eigenvalue weighted by Crippen LogP contribution is 2.74. The molecule has 5 rings (SSSR count). The molecule has 0 heterocycles. The number of carbonyl (C=O) groups excluding carboxylic acids is 3. The standard InChI is InChI=1S/C33H46N2O3/c1-9-35-27(38)33-14-12-28(2,3)18-21(33)25-22(36)16-24-30(6)17-20(19-34)26(37)29(4,5)23(30)10-11-31(24,7)32(25,8)13-15-33/h16-17,21,23,25H,9-15,18H2,1-8H3,(H,35,38)/t21-,23-,25-,30-,31+,32+,33?/m0/s1. The molecule has 0 saturated heterocycles. The molecule has 0 aromatic heterocycles. The van der Waals surface area contributed by atoms with Crippen LogP contribution in [0.25, 0.3) is 0 Å². The number of allylic oxidation sites excluding steroid dienone is 4. The monoisotopic (exact) mass is 518 g/mol. The van der Waals surface area contributed by atoms with Gasteiger partial charge in [0.05, 0.1) is 11.0 Å². The molecule has 3 saturated carbocycles. The van der Waals surface area contributed by atoms with Crippen LogP contribution in [0.2, 0.25) is 0 Å². The van der Waals surface area contributed by atoms with E-state index in [9.17, 15) is 19.6 Å². The Morgan fingerprint density at radius 1 is 1.03 bits per heavy atom. The number of ketones is 2. The van der Waals surface area contributed by atoms with Gasteiger partial charge in [0.25, 0.3) is 0 Å². The van der Waals surface area contributed by atoms with E-state index in [1.807, 2.05) is 32.9 Å². The Labute approximate surface area is 228 Å². The van der Waals surface area contributed by atoms with Crippen molar-refractivity contribution in [3.63, 3.8) is 0 Å². The van der Waals surface area contributed by atoms with E-state index in [-0.39, 0.29) is 57.0 Å². The fourth-order valence-corrected chi connectivity index (χ4v) is 10.4. The highest BCUT2D eigenvalue weighted by Gasteiger charge is 2.70. The fourth-order valence-electron chi connectivity index (χ4n) is 10.4. The van der Waals surface area contributed by atoms with Crippen LogP contribution < -0.4 is 5.32 Å². The predicted molar refractivity (Wildman–Crippen MR) is 148 cm³/mol. The van der Waals surface area contributed by atoms with Gasteiger partial charge in [0.2, 0.25) is 5.91 Å². The molecule has 0 spiro atoms. The zero-order valence-corrected chi connectivity index (χ0v) is 24.7. The zero-order valence-electron chi connectivity index (χ0n) is 24.7. The summed E-state index contributed by atoms with van der Waals surface area (Å²) in [5, 5.41) is 13.0. The van der Waals surface area contributed by atoms with E-state index >= 15 is 0 Å². The van der Waals surface area contributed by atoms with Crippen LogP contribution in [0.5, 0.6) is 0 Å². The van der Waals surface area contributed by atoms with Crippen LogP contribution in [0.1, 0.15) is 100 Å². The van der Waals surface area contributed by atoms with Crippen LogP contribution in [0.3, 0.4) is 0 Å². The molecule has 0 aromatic rings. The summed E-state index contributed by atoms with van der Waals surface area (Å²) in [4.78, 5) is 41.4. The first-order valence-corrected chi connectivity index (χ1v) is 14.8. The molecular formula is C33H46N2O3. The van der Waals surface area contributed by atoms with Crippen molar-refractivity contribution in [1.82, 2.24) is 5.32 Å². The van der Waals surface area contributed by atoms with Crippen LogP contribution in [0.4, 0.5) is 0 Å². The molecule has 3 fully saturated rings. The molecule has 0 aliphatic heterocycles. The molecule has 38 heavy (non-hydrogen) atoms. The van der Waals surface area contributed by atoms with Crippen molar-refractivity contribution in [2.75, 3.05) is 6.54 Å². The average Bonchev–Trinajstić information content (AvgIpc) is 2.82. The second-order valence-corrected chi connectivity index (χ2v) is 15.3. The Bertz CT molecular complexity index is 1220. The summed E-state index contributed by atoms with van der Waals surface area (Å²) >= 11 is 0. The summed E-state index contributed by atoms with van der Waals surface area (Å²) in [6.07, 6.45) is 9.99. The van der Waals surface area contributed by atoms with E-state index in [1.165, 1.54) is 0 Å². The SMILES string of the molecule is CCNC(=O)C12CCC(C)(C)C[C@H]1[C@H]1C(=O)C=C3[C@@]4(C)C=C(C#N)C(=O)C(C)(C)[C@@H]4CC[C@@]3(C)[C@]1(C)CC2. The van der Waals surface area contributed by atoms with Gasteiger partial charge in [-0.05, 0) is 86.0 Å². The summed E-state index contributed by atoms with van der Waals surface area (Å²) in [5.41, 5.74) is -0.788. The summed E-state index contributed by atoms with van der Waals surface area (Å²) in [5.74, 6) is 0.0635. The van der Waals surface area contributed by atoms with Crippen molar-refractivity contribution in [3.8, 4) is 6.07 Å². The molecule has 1 N–H and O–H groups in total. The summed E-state index contributed by atoms with van der Waals surface area (Å²) in [6.45, 7) is 17.9. The first-order chi connectivity index (χ1) is 17.5. The Kier molecular flexibility index (Phi) is 5.87. The molecule has 5 aliphatic carbocycles. The first-order valence-electron chi connectivity index (χ1n) is 14.8. The number of rotatable bonds is 2. The minimum Gasteiger partial charge on any atom is -0.356 e. The third-order valence-electron chi connectivity index (χ3n) is 12.6. The predicted octanol–water partition coefficient (Wildman–Crippen LogP) is 6.34. The third kappa shape index (κ3) is 3.24. The van der Waals surface area contributed by atoms with Crippen molar-refractivity contribution in [2.24, 2.45) is 50.2 Å². The van der Waals surface area contributed by atoms with Gasteiger partial charge in [-0.3, -0.25) is 14.4 Å². The molecular weight excluding hydrogens is 472 g/mol. The van der Waals surface area contributed by atoms with Crippen molar-refractivity contribution < 1.29 is 14.4 Å². The highest BCUT2D eigenvalue weighted by atomic mass is 16.2. The number of amides is 1. The number of Topliss-reactive ketones (excluding diaryl/α,β-unsaturated/α-hetero) is 1. The maximum Gasteiger partial charge on any atom is 0.226 e. The Morgan fingerprint density at radius 2 is 1.68 bits per heavy atom. The van der Waals surface area contributed by atoms with Crippen LogP contribution in [0, 0.1) is 61.6 Å². The summed E-state index contributed by atoms with van der Waals surface area (Å²) in [7, 11) is 0. The van der Waals surface area contributed by atoms with Crippen LogP contribution in [0.15, 0.2) is 23.3 Å². The van der Waals surface area contributed by atoms with Gasteiger partial charge in [0.15, 0.2) is 11.6 Å². The lowest BCUT2D eigenvalue weighted by Crippen LogP contribution is -2.66. The van der Waals surface area contributed by atoms with Crippen molar-refractivity contribution in [2.45, 2.75) is 100 Å². The fraction of sp³-hybridized carbons (Fsp3) is 0.758. The van der Waals surface area contributed by atoms with Crippen molar-refractivity contribution in [3.05, 3.63) is 23.3 Å². The van der Waals surface area contributed by atoms with Crippen LogP contribution in [-0.4, -0.2) is 24.0 Å². The Balaban J connectivity index is 1.69. The van der Waals surface area contributed by atoms with Gasteiger partial charge in [0.1, 0.15) is 6.07 Å². The van der Waals surface area contributed by atoms with Gasteiger partial charge in [0, 0.05) is 23.3 Å². The highest BCUT2D eigenvalue weighted by molar-refractivity contribution is 6.04. The molecule has 0 bridgehead atoms. The van der Waals surface area contributed by atoms with Gasteiger partial charge in [-0.2, -0.15) is 5.26 Å². The van der Waals surface area contributed by atoms with Gasteiger partial charge in [-0.1, -0.05) is 60.1 Å².